The molecule has 0 amide bonds. The Bertz CT molecular complexity index is 927. The summed E-state index contributed by atoms with van der Waals surface area (Å²) in [7, 11) is 0. The van der Waals surface area contributed by atoms with E-state index in [4.69, 9.17) is 0 Å². The predicted octanol–water partition coefficient (Wildman–Crippen LogP) is 3.80. The van der Waals surface area contributed by atoms with Crippen molar-refractivity contribution in [1.29, 1.82) is 0 Å². The van der Waals surface area contributed by atoms with Crippen LogP contribution in [0, 0.1) is 19.7 Å². The Morgan fingerprint density at radius 1 is 1.29 bits per heavy atom. The lowest BCUT2D eigenvalue weighted by atomic mass is 10.00. The molecule has 3 rings (SSSR count). The van der Waals surface area contributed by atoms with Crippen LogP contribution >= 0.6 is 0 Å². The topological polar surface area (TPSA) is 67.5 Å². The van der Waals surface area contributed by atoms with Crippen molar-refractivity contribution in [2.24, 2.45) is 0 Å². The van der Waals surface area contributed by atoms with Crippen LogP contribution < -0.4 is 0 Å². The van der Waals surface area contributed by atoms with E-state index in [0.29, 0.717) is 28.9 Å². The van der Waals surface area contributed by atoms with Gasteiger partial charge in [-0.05, 0) is 38.0 Å². The second-order valence-corrected chi connectivity index (χ2v) is 5.82. The number of nitrogens with zero attached hydrogens (tertiary/aromatic N) is 3. The molecule has 0 saturated carbocycles. The maximum Gasteiger partial charge on any atom is 0.354 e. The van der Waals surface area contributed by atoms with Gasteiger partial charge in [0.15, 0.2) is 11.3 Å². The third-order valence-electron chi connectivity index (χ3n) is 4.03. The number of aromatic carboxylic acids is 1. The monoisotopic (exact) mass is 327 g/mol. The van der Waals surface area contributed by atoms with Crippen LogP contribution in [0.25, 0.3) is 16.8 Å². The molecule has 3 aromatic rings. The minimum absolute atomic E-state index is 0.0545. The molecule has 24 heavy (non-hydrogen) atoms. The molecule has 0 bridgehead atoms. The molecule has 124 valence electrons. The van der Waals surface area contributed by atoms with Gasteiger partial charge in [0, 0.05) is 11.3 Å². The molecule has 2 aromatic heterocycles. The summed E-state index contributed by atoms with van der Waals surface area (Å²) in [6.07, 6.45) is 1.50. The first-order valence-electron chi connectivity index (χ1n) is 7.82. The predicted molar refractivity (Wildman–Crippen MR) is 88.8 cm³/mol. The summed E-state index contributed by atoms with van der Waals surface area (Å²) in [5, 5.41) is 13.8. The summed E-state index contributed by atoms with van der Waals surface area (Å²) < 4.78 is 16.1. The normalized spacial score (nSPS) is 11.2. The van der Waals surface area contributed by atoms with E-state index in [0.717, 1.165) is 17.7 Å². The molecule has 0 unspecified atom stereocenters. The minimum atomic E-state index is -1.11. The van der Waals surface area contributed by atoms with E-state index in [1.165, 1.54) is 12.1 Å². The van der Waals surface area contributed by atoms with E-state index in [-0.39, 0.29) is 11.5 Å². The van der Waals surface area contributed by atoms with Gasteiger partial charge in [0.05, 0.1) is 11.3 Å². The van der Waals surface area contributed by atoms with Crippen LogP contribution in [0.1, 0.15) is 40.8 Å². The Kier molecular flexibility index (Phi) is 4.05. The lowest BCUT2D eigenvalue weighted by molar-refractivity contribution is 0.0690. The number of rotatable bonds is 4. The summed E-state index contributed by atoms with van der Waals surface area (Å²) in [6, 6.07) is 6.38. The summed E-state index contributed by atoms with van der Waals surface area (Å²) in [5.41, 5.74) is 3.42. The van der Waals surface area contributed by atoms with Crippen molar-refractivity contribution in [3.63, 3.8) is 0 Å². The zero-order valence-electron chi connectivity index (χ0n) is 13.8. The van der Waals surface area contributed by atoms with Gasteiger partial charge in [-0.15, -0.1) is 0 Å². The van der Waals surface area contributed by atoms with E-state index < -0.39 is 5.97 Å². The number of benzene rings is 1. The number of halogens is 1. The van der Waals surface area contributed by atoms with Crippen molar-refractivity contribution in [2.75, 3.05) is 0 Å². The molecule has 0 aliphatic rings. The molecule has 0 aliphatic carbocycles. The highest BCUT2D eigenvalue weighted by Crippen LogP contribution is 2.32. The number of hydrogen-bond donors (Lipinski definition) is 1. The highest BCUT2D eigenvalue weighted by Gasteiger charge is 2.21. The first-order valence-corrected chi connectivity index (χ1v) is 7.82. The fourth-order valence-electron chi connectivity index (χ4n) is 2.97. The number of hydrogen-bond acceptors (Lipinski definition) is 3. The van der Waals surface area contributed by atoms with Gasteiger partial charge in [0.2, 0.25) is 0 Å². The maximum absolute atomic E-state index is 14.4. The van der Waals surface area contributed by atoms with Crippen LogP contribution in [0.5, 0.6) is 0 Å². The Morgan fingerprint density at radius 2 is 2.04 bits per heavy atom. The number of carboxylic acids is 1. The molecule has 1 N–H and O–H groups in total. The Hall–Kier alpha value is -2.76. The van der Waals surface area contributed by atoms with Gasteiger partial charge in [-0.25, -0.2) is 18.7 Å². The summed E-state index contributed by atoms with van der Waals surface area (Å²) in [4.78, 5) is 15.7. The van der Waals surface area contributed by atoms with E-state index in [1.807, 2.05) is 19.9 Å². The second-order valence-electron chi connectivity index (χ2n) is 5.82. The zero-order valence-corrected chi connectivity index (χ0v) is 13.8. The maximum atomic E-state index is 14.4. The van der Waals surface area contributed by atoms with Crippen LogP contribution in [-0.4, -0.2) is 25.7 Å². The number of carboxylic acid groups (broad SMARTS) is 1. The van der Waals surface area contributed by atoms with Crippen LogP contribution in [0.15, 0.2) is 24.3 Å². The first-order chi connectivity index (χ1) is 11.4. The number of fused-ring (bicyclic) bond motifs is 1. The molecule has 0 fully saturated rings. The first kappa shape index (κ1) is 16.1. The summed E-state index contributed by atoms with van der Waals surface area (Å²) in [6.45, 7) is 5.60. The zero-order chi connectivity index (χ0) is 17.4. The van der Waals surface area contributed by atoms with Gasteiger partial charge in [0.25, 0.3) is 0 Å². The minimum Gasteiger partial charge on any atom is -0.477 e. The molecule has 0 atom stereocenters. The molecular formula is C18H18FN3O2. The van der Waals surface area contributed by atoms with Crippen LogP contribution in [0.2, 0.25) is 0 Å². The standard InChI is InChI=1S/C18H18FN3O2/c1-4-6-12-9-14(18(23)24)20-17-16(11(3)21-22(12)17)15-10(2)7-5-8-13(15)19/h5,7-9H,4,6H2,1-3H3,(H,23,24). The summed E-state index contributed by atoms with van der Waals surface area (Å²) in [5.74, 6) is -1.47. The third kappa shape index (κ3) is 2.54. The van der Waals surface area contributed by atoms with Crippen LogP contribution in [0.3, 0.4) is 0 Å². The van der Waals surface area contributed by atoms with Gasteiger partial charge in [0.1, 0.15) is 5.82 Å². The third-order valence-corrected chi connectivity index (χ3v) is 4.03. The SMILES string of the molecule is CCCc1cc(C(=O)O)nc2c(-c3c(C)cccc3F)c(C)nn12. The van der Waals surface area contributed by atoms with E-state index in [1.54, 1.807) is 17.5 Å². The van der Waals surface area contributed by atoms with E-state index >= 15 is 0 Å². The molecule has 0 spiro atoms. The number of carbonyl (C=O) groups is 1. The van der Waals surface area contributed by atoms with Gasteiger partial charge in [-0.1, -0.05) is 25.5 Å². The second kappa shape index (κ2) is 6.03. The van der Waals surface area contributed by atoms with Crippen molar-refractivity contribution in [3.8, 4) is 11.1 Å². The van der Waals surface area contributed by atoms with Gasteiger partial charge in [-0.3, -0.25) is 0 Å². The molecule has 0 radical (unpaired) electrons. The van der Waals surface area contributed by atoms with Gasteiger partial charge in [-0.2, -0.15) is 5.10 Å². The smallest absolute Gasteiger partial charge is 0.354 e. The Morgan fingerprint density at radius 3 is 2.67 bits per heavy atom. The molecule has 1 aromatic carbocycles. The molecular weight excluding hydrogens is 309 g/mol. The van der Waals surface area contributed by atoms with Crippen LogP contribution in [0.4, 0.5) is 4.39 Å². The van der Waals surface area contributed by atoms with E-state index in [2.05, 4.69) is 10.1 Å². The van der Waals surface area contributed by atoms with Crippen molar-refractivity contribution in [3.05, 3.63) is 52.7 Å². The molecule has 0 saturated heterocycles. The molecule has 2 heterocycles. The van der Waals surface area contributed by atoms with Gasteiger partial charge >= 0.3 is 5.97 Å². The van der Waals surface area contributed by atoms with Gasteiger partial charge < -0.3 is 5.11 Å². The lowest BCUT2D eigenvalue weighted by Gasteiger charge is -2.08. The molecule has 5 nitrogen and oxygen atoms in total. The number of aryl methyl sites for hydroxylation is 3. The largest absolute Gasteiger partial charge is 0.477 e. The Balaban J connectivity index is 2.41. The number of aromatic nitrogens is 3. The van der Waals surface area contributed by atoms with Crippen molar-refractivity contribution < 1.29 is 14.3 Å². The fourth-order valence-corrected chi connectivity index (χ4v) is 2.97. The highest BCUT2D eigenvalue weighted by molar-refractivity contribution is 5.88. The van der Waals surface area contributed by atoms with Crippen molar-refractivity contribution in [2.45, 2.75) is 33.6 Å². The van der Waals surface area contributed by atoms with Crippen molar-refractivity contribution in [1.82, 2.24) is 14.6 Å². The highest BCUT2D eigenvalue weighted by atomic mass is 19.1. The van der Waals surface area contributed by atoms with E-state index in [9.17, 15) is 14.3 Å². The van der Waals surface area contributed by atoms with Crippen LogP contribution in [-0.2, 0) is 6.42 Å². The fraction of sp³-hybridized carbons (Fsp3) is 0.278. The average molecular weight is 327 g/mol. The quantitative estimate of drug-likeness (QED) is 0.791. The molecule has 0 aliphatic heterocycles. The van der Waals surface area contributed by atoms with Crippen molar-refractivity contribution >= 4 is 11.6 Å². The average Bonchev–Trinajstić information content (AvgIpc) is 2.84. The molecule has 6 heteroatoms. The Labute approximate surface area is 138 Å². The lowest BCUT2D eigenvalue weighted by Crippen LogP contribution is -2.08. The summed E-state index contributed by atoms with van der Waals surface area (Å²) >= 11 is 0.